The van der Waals surface area contributed by atoms with Crippen LogP contribution in [0.2, 0.25) is 0 Å². The molecule has 1 aromatic heterocycles. The molecule has 1 amide bonds. The third-order valence-electron chi connectivity index (χ3n) is 3.72. The summed E-state index contributed by atoms with van der Waals surface area (Å²) in [5, 5.41) is 3.48. The lowest BCUT2D eigenvalue weighted by atomic mass is 10.1. The van der Waals surface area contributed by atoms with E-state index in [2.05, 4.69) is 22.1 Å². The molecule has 0 aliphatic carbocycles. The van der Waals surface area contributed by atoms with Crippen LogP contribution in [-0.4, -0.2) is 28.1 Å². The van der Waals surface area contributed by atoms with E-state index >= 15 is 0 Å². The third kappa shape index (κ3) is 4.89. The topological polar surface area (TPSA) is 51.2 Å². The normalized spacial score (nSPS) is 12.2. The van der Waals surface area contributed by atoms with Crippen LogP contribution < -0.4 is 10.1 Å². The van der Waals surface area contributed by atoms with E-state index in [-0.39, 0.29) is 5.91 Å². The van der Waals surface area contributed by atoms with Gasteiger partial charge < -0.3 is 10.1 Å². The summed E-state index contributed by atoms with van der Waals surface area (Å²) in [6.45, 7) is 7.35. The molecule has 0 saturated heterocycles. The Morgan fingerprint density at radius 2 is 2.15 bits per heavy atom. The van der Waals surface area contributed by atoms with Crippen molar-refractivity contribution in [3.05, 3.63) is 35.8 Å². The highest BCUT2D eigenvalue weighted by molar-refractivity contribution is 7.99. The van der Waals surface area contributed by atoms with Gasteiger partial charge in [-0.15, -0.1) is 17.7 Å². The molecule has 0 spiro atoms. The first-order chi connectivity index (χ1) is 12.3. The Kier molecular flexibility index (Phi) is 6.49. The monoisotopic (exact) mass is 374 g/mol. The minimum atomic E-state index is -0.813. The molecule has 1 atom stereocenters. The molecule has 1 unspecified atom stereocenters. The molecule has 26 heavy (non-hydrogen) atoms. The van der Waals surface area contributed by atoms with Gasteiger partial charge >= 0.3 is 0 Å². The number of aryl methyl sites for hydroxylation is 1. The number of carbonyl (C=O) groups is 1. The number of amides is 1. The number of rotatable bonds is 6. The quantitative estimate of drug-likeness (QED) is 0.615. The Balaban J connectivity index is 2.26. The van der Waals surface area contributed by atoms with Crippen LogP contribution in [-0.2, 0) is 11.2 Å². The van der Waals surface area contributed by atoms with Crippen LogP contribution in [0.15, 0.2) is 24.4 Å². The fraction of sp³-hybridized carbons (Fsp3) is 0.400. The third-order valence-corrected chi connectivity index (χ3v) is 4.46. The second-order valence-electron chi connectivity index (χ2n) is 6.35. The largest absolute Gasteiger partial charge is 0.470 e. The maximum atomic E-state index is 14.3. The highest BCUT2D eigenvalue weighted by Crippen LogP contribution is 2.26. The van der Waals surface area contributed by atoms with Gasteiger partial charge in [-0.3, -0.25) is 9.78 Å². The molecule has 0 aliphatic heterocycles. The molecular weight excluding hydrogens is 351 g/mol. The number of nitrogens with zero attached hydrogens (tertiary/aromatic N) is 1. The zero-order chi connectivity index (χ0) is 19.3. The van der Waals surface area contributed by atoms with E-state index in [1.54, 1.807) is 25.4 Å². The molecule has 1 N–H and O–H groups in total. The first-order valence-electron chi connectivity index (χ1n) is 8.33. The predicted octanol–water partition coefficient (Wildman–Crippen LogP) is 3.92. The van der Waals surface area contributed by atoms with Gasteiger partial charge in [0.1, 0.15) is 11.3 Å². The number of fused-ring (bicyclic) bond motifs is 1. The Bertz CT molecular complexity index is 871. The van der Waals surface area contributed by atoms with Gasteiger partial charge in [0.25, 0.3) is 5.91 Å². The number of nitrogens with one attached hydrogen (secondary N) is 1. The summed E-state index contributed by atoms with van der Waals surface area (Å²) < 4.78 is 20.1. The number of hydrogen-bond acceptors (Lipinski definition) is 4. The second kappa shape index (κ2) is 8.41. The first-order valence-corrected chi connectivity index (χ1v) is 9.62. The maximum absolute atomic E-state index is 14.3. The molecule has 0 bridgehead atoms. The van der Waals surface area contributed by atoms with E-state index in [9.17, 15) is 9.18 Å². The van der Waals surface area contributed by atoms with Crippen LogP contribution in [0.5, 0.6) is 5.75 Å². The number of ether oxygens (including phenoxy) is 1. The molecule has 2 rings (SSSR count). The van der Waals surface area contributed by atoms with Crippen molar-refractivity contribution in [3.8, 4) is 17.6 Å². The minimum Gasteiger partial charge on any atom is -0.470 e. The van der Waals surface area contributed by atoms with Gasteiger partial charge in [0.15, 0.2) is 5.82 Å². The van der Waals surface area contributed by atoms with Gasteiger partial charge in [0.2, 0.25) is 5.44 Å². The molecule has 2 aromatic rings. The predicted molar refractivity (Wildman–Crippen MR) is 105 cm³/mol. The molecule has 1 aromatic carbocycles. The standard InChI is InChI=1S/C20H23FN2O2S/c1-6-8-20(3,4)23-18(24)19(26-5)25-15-10-14-9-13(7-2)12-22-17(14)16(21)11-15/h9-12,19H,7H2,1-5H3,(H,23,24). The van der Waals surface area contributed by atoms with Crippen molar-refractivity contribution in [2.45, 2.75) is 45.1 Å². The highest BCUT2D eigenvalue weighted by atomic mass is 32.2. The Hall–Kier alpha value is -2.26. The van der Waals surface area contributed by atoms with Gasteiger partial charge in [-0.05, 0) is 51.1 Å². The lowest BCUT2D eigenvalue weighted by molar-refractivity contribution is -0.125. The fourth-order valence-electron chi connectivity index (χ4n) is 2.53. The van der Waals surface area contributed by atoms with E-state index in [4.69, 9.17) is 4.74 Å². The smallest absolute Gasteiger partial charge is 0.272 e. The zero-order valence-electron chi connectivity index (χ0n) is 15.6. The van der Waals surface area contributed by atoms with Crippen LogP contribution in [0, 0.1) is 17.7 Å². The van der Waals surface area contributed by atoms with E-state index in [0.717, 1.165) is 12.0 Å². The van der Waals surface area contributed by atoms with Crippen LogP contribution in [0.3, 0.4) is 0 Å². The van der Waals surface area contributed by atoms with Crippen LogP contribution >= 0.6 is 11.8 Å². The molecule has 1 heterocycles. The van der Waals surface area contributed by atoms with Crippen molar-refractivity contribution in [2.75, 3.05) is 6.26 Å². The number of carbonyl (C=O) groups excluding carboxylic acids is 1. The van der Waals surface area contributed by atoms with E-state index in [0.29, 0.717) is 16.7 Å². The molecule has 6 heteroatoms. The number of benzene rings is 1. The molecular formula is C20H23FN2O2S. The molecule has 4 nitrogen and oxygen atoms in total. The van der Waals surface area contributed by atoms with E-state index in [1.165, 1.54) is 17.8 Å². The SMILES string of the molecule is CC#CC(C)(C)NC(=O)C(Oc1cc(F)c2ncc(CC)cc2c1)SC. The number of aromatic nitrogens is 1. The summed E-state index contributed by atoms with van der Waals surface area (Å²) in [5.74, 6) is 5.22. The Morgan fingerprint density at radius 1 is 1.42 bits per heavy atom. The van der Waals surface area contributed by atoms with Gasteiger partial charge in [-0.2, -0.15) is 0 Å². The number of thioether (sulfide) groups is 1. The summed E-state index contributed by atoms with van der Waals surface area (Å²) in [6, 6.07) is 4.85. The summed E-state index contributed by atoms with van der Waals surface area (Å²) in [7, 11) is 0. The zero-order valence-corrected chi connectivity index (χ0v) is 16.5. The van der Waals surface area contributed by atoms with E-state index < -0.39 is 16.8 Å². The van der Waals surface area contributed by atoms with Gasteiger partial charge in [-0.1, -0.05) is 12.8 Å². The minimum absolute atomic E-state index is 0.291. The van der Waals surface area contributed by atoms with Crippen LogP contribution in [0.4, 0.5) is 4.39 Å². The average Bonchev–Trinajstić information content (AvgIpc) is 2.58. The van der Waals surface area contributed by atoms with Crippen molar-refractivity contribution in [3.63, 3.8) is 0 Å². The molecule has 0 aliphatic rings. The van der Waals surface area contributed by atoms with Crippen LogP contribution in [0.1, 0.15) is 33.3 Å². The fourth-order valence-corrected chi connectivity index (χ4v) is 3.01. The maximum Gasteiger partial charge on any atom is 0.272 e. The number of hydrogen-bond donors (Lipinski definition) is 1. The summed E-state index contributed by atoms with van der Waals surface area (Å²) in [4.78, 5) is 16.7. The molecule has 0 fully saturated rings. The summed E-state index contributed by atoms with van der Waals surface area (Å²) >= 11 is 1.23. The Morgan fingerprint density at radius 3 is 2.77 bits per heavy atom. The second-order valence-corrected chi connectivity index (χ2v) is 7.25. The molecule has 0 radical (unpaired) electrons. The highest BCUT2D eigenvalue weighted by Gasteiger charge is 2.25. The lowest BCUT2D eigenvalue weighted by Crippen LogP contribution is -2.47. The lowest BCUT2D eigenvalue weighted by Gasteiger charge is -2.24. The Labute approximate surface area is 157 Å². The van der Waals surface area contributed by atoms with Crippen molar-refractivity contribution >= 4 is 28.6 Å². The van der Waals surface area contributed by atoms with Gasteiger partial charge in [0.05, 0.1) is 5.54 Å². The number of halogens is 1. The van der Waals surface area contributed by atoms with Crippen molar-refractivity contribution in [2.24, 2.45) is 0 Å². The summed E-state index contributed by atoms with van der Waals surface area (Å²) in [6.07, 6.45) is 4.23. The van der Waals surface area contributed by atoms with Crippen molar-refractivity contribution < 1.29 is 13.9 Å². The number of pyridine rings is 1. The molecule has 138 valence electrons. The van der Waals surface area contributed by atoms with Crippen LogP contribution in [0.25, 0.3) is 10.9 Å². The van der Waals surface area contributed by atoms with Crippen molar-refractivity contribution in [1.29, 1.82) is 0 Å². The molecule has 0 saturated carbocycles. The van der Waals surface area contributed by atoms with Crippen molar-refractivity contribution in [1.82, 2.24) is 10.3 Å². The van der Waals surface area contributed by atoms with Gasteiger partial charge in [0, 0.05) is 17.6 Å². The van der Waals surface area contributed by atoms with E-state index in [1.807, 2.05) is 26.8 Å². The average molecular weight is 374 g/mol. The summed E-state index contributed by atoms with van der Waals surface area (Å²) in [5.41, 5.74) is -0.183. The van der Waals surface area contributed by atoms with Gasteiger partial charge in [-0.25, -0.2) is 4.39 Å². The first kappa shape index (κ1) is 20.1.